The minimum absolute atomic E-state index is 0.136. The van der Waals surface area contributed by atoms with Crippen molar-refractivity contribution in [1.29, 1.82) is 5.26 Å². The lowest BCUT2D eigenvalue weighted by atomic mass is 10.0. The van der Waals surface area contributed by atoms with Crippen LogP contribution in [0.15, 0.2) is 52.2 Å². The second-order valence-corrected chi connectivity index (χ2v) is 10.2. The number of piperidine rings is 1. The zero-order valence-electron chi connectivity index (χ0n) is 25.1. The summed E-state index contributed by atoms with van der Waals surface area (Å²) in [6, 6.07) is 11.7. The predicted octanol–water partition coefficient (Wildman–Crippen LogP) is 2.53. The molecule has 3 aromatic heterocycles. The SMILES string of the molecule is CC.CC#CCn1c(N2CCC[C@@H](N3C(=O)c4ccccc4C3=O)C2)nc2c1c(=O)n(Cc1ncccc1C#N)c(=O)n2C. The molecule has 2 aliphatic rings. The molecule has 1 fully saturated rings. The first-order valence-electron chi connectivity index (χ1n) is 14.5. The van der Waals surface area contributed by atoms with Crippen LogP contribution in [0.5, 0.6) is 0 Å². The number of anilines is 1. The molecule has 12 nitrogen and oxygen atoms in total. The van der Waals surface area contributed by atoms with Crippen LogP contribution in [0.25, 0.3) is 11.2 Å². The van der Waals surface area contributed by atoms with E-state index in [4.69, 9.17) is 4.98 Å². The fourth-order valence-corrected chi connectivity index (χ4v) is 5.75. The predicted molar refractivity (Wildman–Crippen MR) is 164 cm³/mol. The summed E-state index contributed by atoms with van der Waals surface area (Å²) < 4.78 is 4.03. The number of fused-ring (bicyclic) bond motifs is 2. The normalized spacial score (nSPS) is 15.8. The van der Waals surface area contributed by atoms with E-state index < -0.39 is 17.3 Å². The van der Waals surface area contributed by atoms with Crippen LogP contribution in [0.4, 0.5) is 5.95 Å². The van der Waals surface area contributed by atoms with Crippen molar-refractivity contribution in [3.8, 4) is 17.9 Å². The van der Waals surface area contributed by atoms with Crippen LogP contribution in [0.2, 0.25) is 0 Å². The molecule has 2 amide bonds. The summed E-state index contributed by atoms with van der Waals surface area (Å²) in [6.07, 6.45) is 2.82. The number of rotatable bonds is 5. The van der Waals surface area contributed by atoms with Crippen LogP contribution in [-0.4, -0.2) is 59.5 Å². The number of hydrogen-bond acceptors (Lipinski definition) is 8. The molecule has 0 bridgehead atoms. The molecule has 0 saturated carbocycles. The highest BCUT2D eigenvalue weighted by Gasteiger charge is 2.41. The van der Waals surface area contributed by atoms with Crippen LogP contribution >= 0.6 is 0 Å². The molecule has 5 heterocycles. The molecule has 224 valence electrons. The Hall–Kier alpha value is -5.49. The van der Waals surface area contributed by atoms with E-state index >= 15 is 0 Å². The first-order chi connectivity index (χ1) is 21.3. The molecule has 1 atom stereocenters. The molecular formula is C32H32N8O4. The number of nitrogens with zero attached hydrogens (tertiary/aromatic N) is 8. The Kier molecular flexibility index (Phi) is 8.45. The number of imidazole rings is 1. The van der Waals surface area contributed by atoms with Crippen LogP contribution in [0.1, 0.15) is 65.6 Å². The molecule has 0 spiro atoms. The van der Waals surface area contributed by atoms with Crippen LogP contribution in [0, 0.1) is 23.2 Å². The molecule has 0 aliphatic carbocycles. The van der Waals surface area contributed by atoms with Crippen LogP contribution in [0.3, 0.4) is 0 Å². The highest BCUT2D eigenvalue weighted by molar-refractivity contribution is 6.21. The van der Waals surface area contributed by atoms with E-state index in [2.05, 4.69) is 22.9 Å². The summed E-state index contributed by atoms with van der Waals surface area (Å²) in [5, 5.41) is 9.49. The fourth-order valence-electron chi connectivity index (χ4n) is 5.75. The Morgan fingerprint density at radius 1 is 1.00 bits per heavy atom. The van der Waals surface area contributed by atoms with Gasteiger partial charge in [0, 0.05) is 26.3 Å². The average molecular weight is 593 g/mol. The maximum Gasteiger partial charge on any atom is 0.332 e. The fraction of sp³-hybridized carbons (Fsp3) is 0.344. The van der Waals surface area contributed by atoms with E-state index in [-0.39, 0.29) is 41.6 Å². The van der Waals surface area contributed by atoms with Gasteiger partial charge in [-0.1, -0.05) is 31.9 Å². The van der Waals surface area contributed by atoms with Gasteiger partial charge in [-0.3, -0.25) is 38.0 Å². The van der Waals surface area contributed by atoms with Gasteiger partial charge in [-0.15, -0.1) is 5.92 Å². The van der Waals surface area contributed by atoms with Crippen molar-refractivity contribution in [2.24, 2.45) is 7.05 Å². The standard InChI is InChI=1S/C30H26N8O4.C2H6/c1-3-4-15-36-24-25(34(2)30(42)37(28(24)41)18-23-19(16-31)9-7-13-32-23)33-29(36)35-14-8-10-20(17-35)38-26(39)21-11-5-6-12-22(21)27(38)40;1-2/h5-7,9,11-13,20H,8,10,14-15,17-18H2,1-2H3;1-2H3/t20-;/m1./s1. The van der Waals surface area contributed by atoms with Crippen molar-refractivity contribution in [3.63, 3.8) is 0 Å². The highest BCUT2D eigenvalue weighted by atomic mass is 16.2. The molecule has 44 heavy (non-hydrogen) atoms. The van der Waals surface area contributed by atoms with Gasteiger partial charge in [-0.05, 0) is 44.0 Å². The first-order valence-corrected chi connectivity index (χ1v) is 14.5. The van der Waals surface area contributed by atoms with Crippen molar-refractivity contribution in [3.05, 3.63) is 85.8 Å². The number of amides is 2. The minimum atomic E-state index is -0.595. The van der Waals surface area contributed by atoms with Gasteiger partial charge in [0.15, 0.2) is 11.2 Å². The van der Waals surface area contributed by atoms with Crippen molar-refractivity contribution in [1.82, 2.24) is 28.6 Å². The number of carbonyl (C=O) groups is 2. The molecule has 12 heteroatoms. The first kappa shape index (κ1) is 30.0. The number of aryl methyl sites for hydroxylation is 1. The summed E-state index contributed by atoms with van der Waals surface area (Å²) in [5.74, 6) is 5.65. The number of carbonyl (C=O) groups excluding carboxylic acids is 2. The number of imide groups is 1. The van der Waals surface area contributed by atoms with Gasteiger partial charge in [-0.25, -0.2) is 4.79 Å². The van der Waals surface area contributed by atoms with Crippen LogP contribution < -0.4 is 16.1 Å². The Bertz CT molecular complexity index is 1970. The van der Waals surface area contributed by atoms with Gasteiger partial charge in [0.25, 0.3) is 17.4 Å². The monoisotopic (exact) mass is 592 g/mol. The smallest absolute Gasteiger partial charge is 0.332 e. The topological polar surface area (TPSA) is 139 Å². The summed E-state index contributed by atoms with van der Waals surface area (Å²) in [6.45, 7) is 6.53. The van der Waals surface area contributed by atoms with Gasteiger partial charge in [0.05, 0.1) is 41.5 Å². The molecule has 4 aromatic rings. The second-order valence-electron chi connectivity index (χ2n) is 10.2. The van der Waals surface area contributed by atoms with Crippen LogP contribution in [-0.2, 0) is 20.1 Å². The van der Waals surface area contributed by atoms with Gasteiger partial charge in [-0.2, -0.15) is 10.2 Å². The lowest BCUT2D eigenvalue weighted by Gasteiger charge is -2.37. The highest BCUT2D eigenvalue weighted by Crippen LogP contribution is 2.30. The van der Waals surface area contributed by atoms with E-state index in [1.54, 1.807) is 47.9 Å². The Morgan fingerprint density at radius 2 is 1.70 bits per heavy atom. The van der Waals surface area contributed by atoms with Crippen molar-refractivity contribution in [2.45, 2.75) is 52.7 Å². The van der Waals surface area contributed by atoms with E-state index in [9.17, 15) is 24.4 Å². The summed E-state index contributed by atoms with van der Waals surface area (Å²) in [5.41, 5.74) is 0.575. The Balaban J connectivity index is 0.00000188. The van der Waals surface area contributed by atoms with Gasteiger partial charge in [0.1, 0.15) is 6.07 Å². The Labute approximate surface area is 253 Å². The van der Waals surface area contributed by atoms with E-state index in [0.29, 0.717) is 48.7 Å². The zero-order chi connectivity index (χ0) is 31.5. The molecule has 1 saturated heterocycles. The quantitative estimate of drug-likeness (QED) is 0.255. The van der Waals surface area contributed by atoms with Gasteiger partial charge in [0.2, 0.25) is 5.95 Å². The van der Waals surface area contributed by atoms with E-state index in [1.807, 2.05) is 18.7 Å². The van der Waals surface area contributed by atoms with Crippen molar-refractivity contribution >= 4 is 28.9 Å². The number of aromatic nitrogens is 5. The zero-order valence-corrected chi connectivity index (χ0v) is 25.1. The number of pyridine rings is 1. The molecule has 6 rings (SSSR count). The third-order valence-corrected chi connectivity index (χ3v) is 7.81. The van der Waals surface area contributed by atoms with Gasteiger partial charge >= 0.3 is 5.69 Å². The largest absolute Gasteiger partial charge is 0.340 e. The minimum Gasteiger partial charge on any atom is -0.340 e. The number of nitriles is 1. The molecular weight excluding hydrogens is 560 g/mol. The lowest BCUT2D eigenvalue weighted by molar-refractivity contribution is 0.0569. The van der Waals surface area contributed by atoms with Crippen molar-refractivity contribution in [2.75, 3.05) is 18.0 Å². The van der Waals surface area contributed by atoms with E-state index in [0.717, 1.165) is 4.57 Å². The Morgan fingerprint density at radius 3 is 2.36 bits per heavy atom. The van der Waals surface area contributed by atoms with Crippen molar-refractivity contribution < 1.29 is 9.59 Å². The molecule has 1 aromatic carbocycles. The third-order valence-electron chi connectivity index (χ3n) is 7.81. The average Bonchev–Trinajstić information content (AvgIpc) is 3.57. The number of benzene rings is 1. The lowest BCUT2D eigenvalue weighted by Crippen LogP contribution is -2.50. The maximum atomic E-state index is 13.9. The van der Waals surface area contributed by atoms with Gasteiger partial charge < -0.3 is 4.90 Å². The maximum absolute atomic E-state index is 13.9. The summed E-state index contributed by atoms with van der Waals surface area (Å²) >= 11 is 0. The molecule has 0 radical (unpaired) electrons. The number of hydrogen-bond donors (Lipinski definition) is 0. The molecule has 0 unspecified atom stereocenters. The summed E-state index contributed by atoms with van der Waals surface area (Å²) in [4.78, 5) is 65.9. The molecule has 0 N–H and O–H groups in total. The molecule has 2 aliphatic heterocycles. The summed E-state index contributed by atoms with van der Waals surface area (Å²) in [7, 11) is 1.54. The third kappa shape index (κ3) is 4.94. The second kappa shape index (κ2) is 12.4. The van der Waals surface area contributed by atoms with E-state index in [1.165, 1.54) is 22.7 Å².